The smallest absolute Gasteiger partial charge is 0.227 e. The lowest BCUT2D eigenvalue weighted by molar-refractivity contribution is -0.131. The van der Waals surface area contributed by atoms with Crippen LogP contribution >= 0.6 is 0 Å². The Bertz CT molecular complexity index is 1180. The van der Waals surface area contributed by atoms with Crippen molar-refractivity contribution >= 4 is 16.8 Å². The van der Waals surface area contributed by atoms with Gasteiger partial charge in [0.05, 0.1) is 18.7 Å². The number of para-hydroxylation sites is 1. The van der Waals surface area contributed by atoms with Crippen LogP contribution in [-0.2, 0) is 24.3 Å². The number of nitrogens with one attached hydrogen (secondary N) is 1. The summed E-state index contributed by atoms with van der Waals surface area (Å²) in [5.41, 5.74) is 6.17. The number of hydrogen-bond donors (Lipinski definition) is 1. The summed E-state index contributed by atoms with van der Waals surface area (Å²) in [6.07, 6.45) is 2.25. The first-order chi connectivity index (χ1) is 13.7. The van der Waals surface area contributed by atoms with Crippen molar-refractivity contribution in [2.75, 3.05) is 0 Å². The van der Waals surface area contributed by atoms with Gasteiger partial charge >= 0.3 is 0 Å². The van der Waals surface area contributed by atoms with E-state index >= 15 is 0 Å². The lowest BCUT2D eigenvalue weighted by Gasteiger charge is -2.15. The number of aromatic nitrogens is 3. The van der Waals surface area contributed by atoms with Crippen LogP contribution in [0.3, 0.4) is 0 Å². The molecule has 0 radical (unpaired) electrons. The third kappa shape index (κ3) is 2.85. The Morgan fingerprint density at radius 3 is 2.71 bits per heavy atom. The average Bonchev–Trinajstić information content (AvgIpc) is 3.29. The number of carbonyl (C=O) groups is 1. The first kappa shape index (κ1) is 16.7. The van der Waals surface area contributed by atoms with E-state index in [0.717, 1.165) is 39.0 Å². The van der Waals surface area contributed by atoms with Crippen LogP contribution in [0.15, 0.2) is 60.8 Å². The van der Waals surface area contributed by atoms with Gasteiger partial charge < -0.3 is 9.88 Å². The standard InChI is InChI=1S/C23H20N4O/c1-15-19(18-9-5-6-10-20(18)25-15)11-22(28)27-13-17-12-24-23(26-21(17)14-27)16-7-3-2-4-8-16/h2-10,12,25H,11,13-14H2,1H3. The van der Waals surface area contributed by atoms with Gasteiger partial charge in [0.25, 0.3) is 0 Å². The quantitative estimate of drug-likeness (QED) is 0.594. The van der Waals surface area contributed by atoms with E-state index in [4.69, 9.17) is 4.98 Å². The van der Waals surface area contributed by atoms with E-state index in [9.17, 15) is 4.79 Å². The Morgan fingerprint density at radius 2 is 1.86 bits per heavy atom. The maximum absolute atomic E-state index is 13.0. The first-order valence-electron chi connectivity index (χ1n) is 9.43. The molecule has 2 aromatic heterocycles. The van der Waals surface area contributed by atoms with Crippen molar-refractivity contribution in [3.8, 4) is 11.4 Å². The van der Waals surface area contributed by atoms with E-state index in [1.165, 1.54) is 0 Å². The third-order valence-electron chi connectivity index (χ3n) is 5.40. The highest BCUT2D eigenvalue weighted by atomic mass is 16.2. The van der Waals surface area contributed by atoms with E-state index in [1.54, 1.807) is 0 Å². The summed E-state index contributed by atoms with van der Waals surface area (Å²) < 4.78 is 0. The van der Waals surface area contributed by atoms with Gasteiger partial charge in [-0.25, -0.2) is 9.97 Å². The molecule has 0 aliphatic carbocycles. The number of rotatable bonds is 3. The van der Waals surface area contributed by atoms with Crippen molar-refractivity contribution in [2.24, 2.45) is 0 Å². The highest BCUT2D eigenvalue weighted by Crippen LogP contribution is 2.26. The minimum atomic E-state index is 0.118. The number of amides is 1. The molecule has 4 aromatic rings. The van der Waals surface area contributed by atoms with Crippen LogP contribution < -0.4 is 0 Å². The van der Waals surface area contributed by atoms with Crippen LogP contribution in [0.1, 0.15) is 22.5 Å². The minimum Gasteiger partial charge on any atom is -0.358 e. The minimum absolute atomic E-state index is 0.118. The second-order valence-corrected chi connectivity index (χ2v) is 7.23. The predicted molar refractivity (Wildman–Crippen MR) is 108 cm³/mol. The van der Waals surface area contributed by atoms with E-state index in [1.807, 2.05) is 66.6 Å². The molecule has 0 atom stereocenters. The number of aryl methyl sites for hydroxylation is 1. The molecule has 0 unspecified atom stereocenters. The second kappa shape index (κ2) is 6.60. The summed E-state index contributed by atoms with van der Waals surface area (Å²) in [4.78, 5) is 27.4. The molecule has 138 valence electrons. The summed E-state index contributed by atoms with van der Waals surface area (Å²) in [6, 6.07) is 18.1. The zero-order valence-corrected chi connectivity index (χ0v) is 15.6. The van der Waals surface area contributed by atoms with Crippen molar-refractivity contribution in [2.45, 2.75) is 26.4 Å². The molecular formula is C23H20N4O. The fourth-order valence-electron chi connectivity index (χ4n) is 3.88. The number of hydrogen-bond acceptors (Lipinski definition) is 3. The molecule has 2 aromatic carbocycles. The molecule has 0 saturated carbocycles. The fourth-order valence-corrected chi connectivity index (χ4v) is 3.88. The molecule has 0 spiro atoms. The molecule has 0 bridgehead atoms. The van der Waals surface area contributed by atoms with Crippen molar-refractivity contribution in [1.82, 2.24) is 19.9 Å². The van der Waals surface area contributed by atoms with E-state index in [2.05, 4.69) is 16.0 Å². The van der Waals surface area contributed by atoms with Gasteiger partial charge in [-0.1, -0.05) is 48.5 Å². The molecule has 1 amide bonds. The molecule has 0 fully saturated rings. The Balaban J connectivity index is 1.37. The van der Waals surface area contributed by atoms with Crippen LogP contribution in [0.4, 0.5) is 0 Å². The van der Waals surface area contributed by atoms with E-state index in [0.29, 0.717) is 25.3 Å². The van der Waals surface area contributed by atoms with E-state index < -0.39 is 0 Å². The lowest BCUT2D eigenvalue weighted by atomic mass is 10.1. The van der Waals surface area contributed by atoms with Crippen molar-refractivity contribution < 1.29 is 4.79 Å². The SMILES string of the molecule is Cc1[nH]c2ccccc2c1CC(=O)N1Cc2cnc(-c3ccccc3)nc2C1. The van der Waals surface area contributed by atoms with Crippen molar-refractivity contribution in [3.63, 3.8) is 0 Å². The lowest BCUT2D eigenvalue weighted by Crippen LogP contribution is -2.27. The van der Waals surface area contributed by atoms with Gasteiger partial charge in [0.1, 0.15) is 0 Å². The molecule has 1 N–H and O–H groups in total. The number of benzene rings is 2. The van der Waals surface area contributed by atoms with Gasteiger partial charge in [-0.05, 0) is 18.6 Å². The van der Waals surface area contributed by atoms with Crippen LogP contribution in [0, 0.1) is 6.92 Å². The monoisotopic (exact) mass is 368 g/mol. The summed E-state index contributed by atoms with van der Waals surface area (Å²) in [6.45, 7) is 3.14. The summed E-state index contributed by atoms with van der Waals surface area (Å²) >= 11 is 0. The number of carbonyl (C=O) groups excluding carboxylic acids is 1. The maximum atomic E-state index is 13.0. The molecule has 1 aliphatic heterocycles. The van der Waals surface area contributed by atoms with Gasteiger partial charge in [0.2, 0.25) is 5.91 Å². The largest absolute Gasteiger partial charge is 0.358 e. The highest BCUT2D eigenvalue weighted by Gasteiger charge is 2.26. The maximum Gasteiger partial charge on any atom is 0.227 e. The van der Waals surface area contributed by atoms with Crippen molar-refractivity contribution in [3.05, 3.63) is 83.3 Å². The zero-order valence-electron chi connectivity index (χ0n) is 15.6. The Morgan fingerprint density at radius 1 is 1.07 bits per heavy atom. The number of H-pyrrole nitrogens is 1. The average molecular weight is 368 g/mol. The molecule has 1 aliphatic rings. The third-order valence-corrected chi connectivity index (χ3v) is 5.40. The van der Waals surface area contributed by atoms with Gasteiger partial charge in [0.15, 0.2) is 5.82 Å². The van der Waals surface area contributed by atoms with Gasteiger partial charge in [-0.2, -0.15) is 0 Å². The molecule has 3 heterocycles. The normalized spacial score (nSPS) is 13.1. The summed E-state index contributed by atoms with van der Waals surface area (Å²) in [5.74, 6) is 0.827. The second-order valence-electron chi connectivity index (χ2n) is 7.23. The topological polar surface area (TPSA) is 61.9 Å². The molecule has 0 saturated heterocycles. The van der Waals surface area contributed by atoms with Gasteiger partial charge in [0, 0.05) is 40.5 Å². The highest BCUT2D eigenvalue weighted by molar-refractivity contribution is 5.90. The van der Waals surface area contributed by atoms with Gasteiger partial charge in [-0.15, -0.1) is 0 Å². The summed E-state index contributed by atoms with van der Waals surface area (Å²) in [5, 5.41) is 1.12. The first-order valence-corrected chi connectivity index (χ1v) is 9.43. The van der Waals surface area contributed by atoms with Crippen LogP contribution in [0.5, 0.6) is 0 Å². The molecular weight excluding hydrogens is 348 g/mol. The fraction of sp³-hybridized carbons (Fsp3) is 0.174. The molecule has 5 rings (SSSR count). The van der Waals surface area contributed by atoms with Crippen molar-refractivity contribution in [1.29, 1.82) is 0 Å². The van der Waals surface area contributed by atoms with Gasteiger partial charge in [-0.3, -0.25) is 4.79 Å². The molecule has 28 heavy (non-hydrogen) atoms. The zero-order chi connectivity index (χ0) is 19.1. The number of fused-ring (bicyclic) bond motifs is 2. The van der Waals surface area contributed by atoms with Crippen LogP contribution in [0.25, 0.3) is 22.3 Å². The Kier molecular flexibility index (Phi) is 3.93. The molecule has 5 heteroatoms. The van der Waals surface area contributed by atoms with Crippen LogP contribution in [-0.4, -0.2) is 25.8 Å². The molecule has 5 nitrogen and oxygen atoms in total. The Labute approximate surface area is 163 Å². The summed E-state index contributed by atoms with van der Waals surface area (Å²) in [7, 11) is 0. The predicted octanol–water partition coefficient (Wildman–Crippen LogP) is 4.02. The number of nitrogens with zero attached hydrogens (tertiary/aromatic N) is 3. The van der Waals surface area contributed by atoms with Crippen LogP contribution in [0.2, 0.25) is 0 Å². The van der Waals surface area contributed by atoms with E-state index in [-0.39, 0.29) is 5.91 Å². The number of aromatic amines is 1. The Hall–Kier alpha value is -3.47.